The van der Waals surface area contributed by atoms with Gasteiger partial charge in [0.25, 0.3) is 0 Å². The van der Waals surface area contributed by atoms with Gasteiger partial charge in [0.05, 0.1) is 0 Å². The molecule has 0 heterocycles. The normalized spacial score (nSPS) is 19.1. The van der Waals surface area contributed by atoms with E-state index in [1.807, 2.05) is 0 Å². The van der Waals surface area contributed by atoms with Crippen molar-refractivity contribution in [2.24, 2.45) is 5.73 Å². The highest BCUT2D eigenvalue weighted by atomic mass is 35.5. The van der Waals surface area contributed by atoms with Gasteiger partial charge in [-0.15, -0.1) is 0 Å². The molecule has 0 saturated heterocycles. The molecule has 2 rings (SSSR count). The molecule has 1 fully saturated rings. The molecule has 76 valence electrons. The largest absolute Gasteiger partial charge is 0.321 e. The summed E-state index contributed by atoms with van der Waals surface area (Å²) in [6.07, 6.45) is 2.43. The smallest absolute Gasteiger partial charge is 0.149 e. The SMILES string of the molecule is NC1(c2ccc(F)c(Cl)c2F)CCC1. The minimum Gasteiger partial charge on any atom is -0.321 e. The molecule has 2 N–H and O–H groups in total. The number of hydrogen-bond donors (Lipinski definition) is 1. The molecule has 14 heavy (non-hydrogen) atoms. The third kappa shape index (κ3) is 1.31. The Labute approximate surface area is 85.9 Å². The Morgan fingerprint density at radius 3 is 2.43 bits per heavy atom. The second kappa shape index (κ2) is 3.17. The standard InChI is InChI=1S/C10H10ClF2N/c11-8-7(12)3-2-6(9(8)13)10(14)4-1-5-10/h2-3H,1,4-5,14H2. The van der Waals surface area contributed by atoms with Crippen molar-refractivity contribution in [3.05, 3.63) is 34.4 Å². The van der Waals surface area contributed by atoms with E-state index in [1.165, 1.54) is 6.07 Å². The van der Waals surface area contributed by atoms with Crippen LogP contribution in [0, 0.1) is 11.6 Å². The van der Waals surface area contributed by atoms with E-state index < -0.39 is 22.2 Å². The Hall–Kier alpha value is -0.670. The number of benzene rings is 1. The number of rotatable bonds is 1. The Morgan fingerprint density at radius 2 is 1.93 bits per heavy atom. The highest BCUT2D eigenvalue weighted by Crippen LogP contribution is 2.41. The molecule has 0 bridgehead atoms. The zero-order valence-corrected chi connectivity index (χ0v) is 8.24. The van der Waals surface area contributed by atoms with Crippen molar-refractivity contribution >= 4 is 11.6 Å². The van der Waals surface area contributed by atoms with Crippen LogP contribution in [0.1, 0.15) is 24.8 Å². The second-order valence-electron chi connectivity index (χ2n) is 3.73. The lowest BCUT2D eigenvalue weighted by Gasteiger charge is -2.38. The van der Waals surface area contributed by atoms with Crippen LogP contribution in [-0.4, -0.2) is 0 Å². The molecule has 0 aliphatic heterocycles. The summed E-state index contributed by atoms with van der Waals surface area (Å²) in [5.74, 6) is -1.45. The van der Waals surface area contributed by atoms with Crippen LogP contribution in [0.5, 0.6) is 0 Å². The van der Waals surface area contributed by atoms with Gasteiger partial charge in [0, 0.05) is 11.1 Å². The summed E-state index contributed by atoms with van der Waals surface area (Å²) in [5.41, 5.74) is 5.61. The van der Waals surface area contributed by atoms with Crippen LogP contribution in [0.25, 0.3) is 0 Å². The lowest BCUT2D eigenvalue weighted by atomic mass is 9.72. The summed E-state index contributed by atoms with van der Waals surface area (Å²) in [6.45, 7) is 0. The summed E-state index contributed by atoms with van der Waals surface area (Å²) >= 11 is 5.46. The minimum atomic E-state index is -0.740. The van der Waals surface area contributed by atoms with Crippen LogP contribution in [0.3, 0.4) is 0 Å². The van der Waals surface area contributed by atoms with Crippen LogP contribution in [0.4, 0.5) is 8.78 Å². The highest BCUT2D eigenvalue weighted by Gasteiger charge is 2.37. The molecule has 0 radical (unpaired) electrons. The van der Waals surface area contributed by atoms with E-state index in [2.05, 4.69) is 0 Å². The lowest BCUT2D eigenvalue weighted by molar-refractivity contribution is 0.245. The molecule has 1 nitrogen and oxygen atoms in total. The molecule has 1 aromatic rings. The van der Waals surface area contributed by atoms with E-state index in [-0.39, 0.29) is 0 Å². The molecule has 0 aromatic heterocycles. The van der Waals surface area contributed by atoms with E-state index in [4.69, 9.17) is 17.3 Å². The van der Waals surface area contributed by atoms with Crippen LogP contribution < -0.4 is 5.73 Å². The fourth-order valence-electron chi connectivity index (χ4n) is 1.74. The van der Waals surface area contributed by atoms with Gasteiger partial charge in [-0.3, -0.25) is 0 Å². The van der Waals surface area contributed by atoms with Crippen molar-refractivity contribution in [2.45, 2.75) is 24.8 Å². The summed E-state index contributed by atoms with van der Waals surface area (Å²) in [5, 5.41) is -0.459. The number of nitrogens with two attached hydrogens (primary N) is 1. The molecule has 1 aliphatic carbocycles. The topological polar surface area (TPSA) is 26.0 Å². The molecular formula is C10H10ClF2N. The Morgan fingerprint density at radius 1 is 1.29 bits per heavy atom. The zero-order chi connectivity index (χ0) is 10.3. The first kappa shape index (κ1) is 9.87. The minimum absolute atomic E-state index is 0.329. The first-order valence-corrected chi connectivity index (χ1v) is 4.85. The van der Waals surface area contributed by atoms with E-state index in [9.17, 15) is 8.78 Å². The maximum Gasteiger partial charge on any atom is 0.149 e. The second-order valence-corrected chi connectivity index (χ2v) is 4.11. The first-order chi connectivity index (χ1) is 6.54. The van der Waals surface area contributed by atoms with Crippen LogP contribution in [0.15, 0.2) is 12.1 Å². The van der Waals surface area contributed by atoms with Gasteiger partial charge in [0.2, 0.25) is 0 Å². The van der Waals surface area contributed by atoms with E-state index in [0.717, 1.165) is 25.3 Å². The number of halogens is 3. The molecule has 0 amide bonds. The van der Waals surface area contributed by atoms with Gasteiger partial charge < -0.3 is 5.73 Å². The predicted molar refractivity (Wildman–Crippen MR) is 51.1 cm³/mol. The van der Waals surface area contributed by atoms with Crippen LogP contribution in [-0.2, 0) is 5.54 Å². The van der Waals surface area contributed by atoms with Crippen LogP contribution in [0.2, 0.25) is 5.02 Å². The van der Waals surface area contributed by atoms with Crippen molar-refractivity contribution in [1.82, 2.24) is 0 Å². The molecule has 0 atom stereocenters. The third-order valence-electron chi connectivity index (χ3n) is 2.82. The van der Waals surface area contributed by atoms with Crippen molar-refractivity contribution in [2.75, 3.05) is 0 Å². The summed E-state index contributed by atoms with van der Waals surface area (Å²) < 4.78 is 26.4. The van der Waals surface area contributed by atoms with Gasteiger partial charge in [-0.25, -0.2) is 8.78 Å². The van der Waals surface area contributed by atoms with Gasteiger partial charge in [0.1, 0.15) is 16.7 Å². The average Bonchev–Trinajstić information content (AvgIpc) is 2.11. The summed E-state index contributed by atoms with van der Waals surface area (Å²) in [6, 6.07) is 2.55. The Bertz CT molecular complexity index is 375. The van der Waals surface area contributed by atoms with Gasteiger partial charge in [-0.2, -0.15) is 0 Å². The molecule has 0 spiro atoms. The molecular weight excluding hydrogens is 208 g/mol. The first-order valence-electron chi connectivity index (χ1n) is 4.47. The molecule has 4 heteroatoms. The van der Waals surface area contributed by atoms with E-state index in [1.54, 1.807) is 0 Å². The number of hydrogen-bond acceptors (Lipinski definition) is 1. The van der Waals surface area contributed by atoms with Gasteiger partial charge in [-0.1, -0.05) is 17.7 Å². The maximum atomic E-state index is 13.5. The summed E-state index contributed by atoms with van der Waals surface area (Å²) in [7, 11) is 0. The van der Waals surface area contributed by atoms with Gasteiger partial charge in [0.15, 0.2) is 0 Å². The summed E-state index contributed by atoms with van der Waals surface area (Å²) in [4.78, 5) is 0. The highest BCUT2D eigenvalue weighted by molar-refractivity contribution is 6.31. The third-order valence-corrected chi connectivity index (χ3v) is 3.16. The fraction of sp³-hybridized carbons (Fsp3) is 0.400. The molecule has 1 aliphatic rings. The average molecular weight is 218 g/mol. The van der Waals surface area contributed by atoms with Crippen molar-refractivity contribution < 1.29 is 8.78 Å². The lowest BCUT2D eigenvalue weighted by Crippen LogP contribution is -2.44. The Balaban J connectivity index is 2.49. The van der Waals surface area contributed by atoms with Crippen molar-refractivity contribution in [3.63, 3.8) is 0 Å². The Kier molecular flexibility index (Phi) is 2.24. The zero-order valence-electron chi connectivity index (χ0n) is 7.49. The van der Waals surface area contributed by atoms with Crippen LogP contribution >= 0.6 is 11.6 Å². The quantitative estimate of drug-likeness (QED) is 0.720. The van der Waals surface area contributed by atoms with Gasteiger partial charge >= 0.3 is 0 Å². The van der Waals surface area contributed by atoms with E-state index >= 15 is 0 Å². The van der Waals surface area contributed by atoms with Crippen molar-refractivity contribution in [1.29, 1.82) is 0 Å². The monoisotopic (exact) mass is 217 g/mol. The fourth-order valence-corrected chi connectivity index (χ4v) is 1.90. The predicted octanol–water partition coefficient (Wildman–Crippen LogP) is 2.96. The van der Waals surface area contributed by atoms with Crippen molar-refractivity contribution in [3.8, 4) is 0 Å². The molecule has 1 aromatic carbocycles. The molecule has 0 unspecified atom stereocenters. The van der Waals surface area contributed by atoms with E-state index in [0.29, 0.717) is 5.56 Å². The molecule has 1 saturated carbocycles. The maximum absolute atomic E-state index is 13.5. The van der Waals surface area contributed by atoms with Gasteiger partial charge in [-0.05, 0) is 25.3 Å².